The number of rotatable bonds is 4. The van der Waals surface area contributed by atoms with Gasteiger partial charge in [-0.25, -0.2) is 8.42 Å². The van der Waals surface area contributed by atoms with Crippen LogP contribution < -0.4 is 0 Å². The third-order valence-electron chi connectivity index (χ3n) is 5.62. The first kappa shape index (κ1) is 18.9. The zero-order valence-electron chi connectivity index (χ0n) is 15.4. The van der Waals surface area contributed by atoms with Crippen LogP contribution in [0.3, 0.4) is 0 Å². The van der Waals surface area contributed by atoms with Crippen LogP contribution in [0.4, 0.5) is 0 Å². The SMILES string of the molecule is Cc1ccc(S(=O)(=O)CCC(=O)N2CC[C@]3(CCCN(C)C3=O)C2)cc1. The van der Waals surface area contributed by atoms with E-state index in [0.29, 0.717) is 19.5 Å². The summed E-state index contributed by atoms with van der Waals surface area (Å²) in [4.78, 5) is 28.7. The van der Waals surface area contributed by atoms with E-state index in [1.165, 1.54) is 0 Å². The number of aryl methyl sites for hydroxylation is 1. The summed E-state index contributed by atoms with van der Waals surface area (Å²) in [5.74, 6) is -0.267. The largest absolute Gasteiger partial charge is 0.345 e. The Hall–Kier alpha value is -1.89. The monoisotopic (exact) mass is 378 g/mol. The topological polar surface area (TPSA) is 74.8 Å². The van der Waals surface area contributed by atoms with Gasteiger partial charge in [-0.05, 0) is 38.3 Å². The molecule has 0 unspecified atom stereocenters. The van der Waals surface area contributed by atoms with E-state index in [-0.39, 0.29) is 28.9 Å². The number of piperidine rings is 1. The Morgan fingerprint density at radius 3 is 2.54 bits per heavy atom. The van der Waals surface area contributed by atoms with Crippen molar-refractivity contribution in [2.45, 2.75) is 37.5 Å². The van der Waals surface area contributed by atoms with Crippen LogP contribution in [-0.2, 0) is 19.4 Å². The molecule has 2 aliphatic rings. The van der Waals surface area contributed by atoms with Crippen molar-refractivity contribution in [3.63, 3.8) is 0 Å². The Labute approximate surface area is 155 Å². The number of carbonyl (C=O) groups excluding carboxylic acids is 2. The Morgan fingerprint density at radius 1 is 1.15 bits per heavy atom. The van der Waals surface area contributed by atoms with Gasteiger partial charge < -0.3 is 9.80 Å². The lowest BCUT2D eigenvalue weighted by Gasteiger charge is -2.37. The van der Waals surface area contributed by atoms with Gasteiger partial charge >= 0.3 is 0 Å². The molecule has 6 nitrogen and oxygen atoms in total. The Morgan fingerprint density at radius 2 is 1.85 bits per heavy atom. The molecule has 7 heteroatoms. The number of benzene rings is 1. The van der Waals surface area contributed by atoms with Crippen molar-refractivity contribution in [1.29, 1.82) is 0 Å². The fraction of sp³-hybridized carbons (Fsp3) is 0.579. The average molecular weight is 378 g/mol. The molecule has 0 bridgehead atoms. The van der Waals surface area contributed by atoms with E-state index in [9.17, 15) is 18.0 Å². The summed E-state index contributed by atoms with van der Waals surface area (Å²) in [5, 5.41) is 0. The molecule has 2 amide bonds. The molecule has 1 atom stereocenters. The second kappa shape index (κ2) is 7.02. The molecule has 1 aromatic rings. The molecule has 1 aromatic carbocycles. The number of hydrogen-bond donors (Lipinski definition) is 0. The van der Waals surface area contributed by atoms with E-state index in [4.69, 9.17) is 0 Å². The number of hydrogen-bond acceptors (Lipinski definition) is 4. The van der Waals surface area contributed by atoms with Crippen LogP contribution in [-0.4, -0.2) is 62.5 Å². The van der Waals surface area contributed by atoms with Crippen molar-refractivity contribution in [3.8, 4) is 0 Å². The number of nitrogens with zero attached hydrogens (tertiary/aromatic N) is 2. The lowest BCUT2D eigenvalue weighted by Crippen LogP contribution is -2.48. The summed E-state index contributed by atoms with van der Waals surface area (Å²) in [6.07, 6.45) is 2.39. The van der Waals surface area contributed by atoms with E-state index in [1.54, 1.807) is 34.1 Å². The van der Waals surface area contributed by atoms with Crippen LogP contribution in [0.15, 0.2) is 29.2 Å². The van der Waals surface area contributed by atoms with Crippen molar-refractivity contribution in [2.75, 3.05) is 32.4 Å². The minimum Gasteiger partial charge on any atom is -0.345 e. The fourth-order valence-corrected chi connectivity index (χ4v) is 5.20. The van der Waals surface area contributed by atoms with E-state index in [2.05, 4.69) is 0 Å². The first-order valence-electron chi connectivity index (χ1n) is 9.06. The predicted octanol–water partition coefficient (Wildman–Crippen LogP) is 1.63. The molecule has 1 spiro atoms. The maximum Gasteiger partial charge on any atom is 0.230 e. The molecule has 26 heavy (non-hydrogen) atoms. The van der Waals surface area contributed by atoms with Crippen LogP contribution in [0, 0.1) is 12.3 Å². The van der Waals surface area contributed by atoms with Gasteiger partial charge in [-0.2, -0.15) is 0 Å². The maximum absolute atomic E-state index is 12.5. The van der Waals surface area contributed by atoms with Crippen molar-refractivity contribution in [3.05, 3.63) is 29.8 Å². The lowest BCUT2D eigenvalue weighted by atomic mass is 9.78. The highest BCUT2D eigenvalue weighted by molar-refractivity contribution is 7.91. The van der Waals surface area contributed by atoms with Gasteiger partial charge in [0.2, 0.25) is 11.8 Å². The molecule has 2 fully saturated rings. The summed E-state index contributed by atoms with van der Waals surface area (Å²) >= 11 is 0. The highest BCUT2D eigenvalue weighted by Crippen LogP contribution is 2.39. The summed E-state index contributed by atoms with van der Waals surface area (Å²) < 4.78 is 24.8. The van der Waals surface area contributed by atoms with Crippen LogP contribution in [0.5, 0.6) is 0 Å². The minimum absolute atomic E-state index is 0.0453. The van der Waals surface area contributed by atoms with Crippen LogP contribution in [0.2, 0.25) is 0 Å². The average Bonchev–Trinajstić information content (AvgIpc) is 3.03. The third kappa shape index (κ3) is 3.63. The zero-order valence-corrected chi connectivity index (χ0v) is 16.2. The van der Waals surface area contributed by atoms with Crippen molar-refractivity contribution in [2.24, 2.45) is 5.41 Å². The minimum atomic E-state index is -3.48. The van der Waals surface area contributed by atoms with Gasteiger partial charge in [-0.1, -0.05) is 17.7 Å². The molecule has 0 radical (unpaired) electrons. The number of likely N-dealkylation sites (tertiary alicyclic amines) is 2. The first-order chi connectivity index (χ1) is 12.2. The second-order valence-electron chi connectivity index (χ2n) is 7.56. The summed E-state index contributed by atoms with van der Waals surface area (Å²) in [5.41, 5.74) is 0.530. The molecular weight excluding hydrogens is 352 g/mol. The molecule has 0 saturated carbocycles. The molecule has 2 saturated heterocycles. The molecule has 0 aromatic heterocycles. The Balaban J connectivity index is 1.61. The van der Waals surface area contributed by atoms with Crippen LogP contribution in [0.25, 0.3) is 0 Å². The van der Waals surface area contributed by atoms with Crippen molar-refractivity contribution < 1.29 is 18.0 Å². The number of amides is 2. The van der Waals surface area contributed by atoms with E-state index in [1.807, 2.05) is 14.0 Å². The van der Waals surface area contributed by atoms with Gasteiger partial charge in [0, 0.05) is 33.1 Å². The Kier molecular flexibility index (Phi) is 5.10. The van der Waals surface area contributed by atoms with Gasteiger partial charge in [-0.3, -0.25) is 9.59 Å². The van der Waals surface area contributed by atoms with Gasteiger partial charge in [0.05, 0.1) is 16.1 Å². The molecule has 3 rings (SSSR count). The summed E-state index contributed by atoms with van der Waals surface area (Å²) in [7, 11) is -1.67. The summed E-state index contributed by atoms with van der Waals surface area (Å²) in [6.45, 7) is 3.61. The predicted molar refractivity (Wildman–Crippen MR) is 98.3 cm³/mol. The van der Waals surface area contributed by atoms with Crippen LogP contribution in [0.1, 0.15) is 31.2 Å². The normalized spacial score (nSPS) is 23.7. The smallest absolute Gasteiger partial charge is 0.230 e. The van der Waals surface area contributed by atoms with Gasteiger partial charge in [0.1, 0.15) is 0 Å². The summed E-state index contributed by atoms with van der Waals surface area (Å²) in [6, 6.07) is 6.67. The molecule has 0 aliphatic carbocycles. The molecule has 2 aliphatic heterocycles. The quantitative estimate of drug-likeness (QED) is 0.798. The van der Waals surface area contributed by atoms with Crippen LogP contribution >= 0.6 is 0 Å². The highest BCUT2D eigenvalue weighted by Gasteiger charge is 2.48. The van der Waals surface area contributed by atoms with Crippen molar-refractivity contribution in [1.82, 2.24) is 9.80 Å². The molecule has 2 heterocycles. The number of sulfone groups is 1. The van der Waals surface area contributed by atoms with E-state index < -0.39 is 15.3 Å². The standard InChI is InChI=1S/C19H26N2O4S/c1-15-4-6-16(7-5-15)26(24,25)13-8-17(22)21-12-10-19(14-21)9-3-11-20(2)18(19)23/h4-7H,3,8-14H2,1-2H3/t19-/m1/s1. The Bertz CT molecular complexity index is 803. The maximum atomic E-state index is 12.5. The lowest BCUT2D eigenvalue weighted by molar-refractivity contribution is -0.144. The molecule has 0 N–H and O–H groups in total. The van der Waals surface area contributed by atoms with E-state index >= 15 is 0 Å². The second-order valence-corrected chi connectivity index (χ2v) is 9.67. The van der Waals surface area contributed by atoms with E-state index in [0.717, 1.165) is 24.9 Å². The highest BCUT2D eigenvalue weighted by atomic mass is 32.2. The molecule has 142 valence electrons. The van der Waals surface area contributed by atoms with Crippen molar-refractivity contribution >= 4 is 21.7 Å². The third-order valence-corrected chi connectivity index (χ3v) is 7.35. The van der Waals surface area contributed by atoms with Gasteiger partial charge in [0.15, 0.2) is 9.84 Å². The van der Waals surface area contributed by atoms with Gasteiger partial charge in [0.25, 0.3) is 0 Å². The first-order valence-corrected chi connectivity index (χ1v) is 10.7. The van der Waals surface area contributed by atoms with Gasteiger partial charge in [-0.15, -0.1) is 0 Å². The zero-order chi connectivity index (χ0) is 18.9. The molecular formula is C19H26N2O4S. The number of carbonyl (C=O) groups is 2. The fourth-order valence-electron chi connectivity index (χ4n) is 3.98.